The van der Waals surface area contributed by atoms with E-state index in [2.05, 4.69) is 0 Å². The van der Waals surface area contributed by atoms with Crippen LogP contribution in [0.25, 0.3) is 11.1 Å². The summed E-state index contributed by atoms with van der Waals surface area (Å²) in [5.41, 5.74) is 7.18. The summed E-state index contributed by atoms with van der Waals surface area (Å²) in [6, 6.07) is 9.63. The zero-order chi connectivity index (χ0) is 16.4. The number of carboxylic acids is 1. The number of carbonyl (C=O) groups excluding carboxylic acids is 1. The van der Waals surface area contributed by atoms with Gasteiger partial charge in [-0.15, -0.1) is 0 Å². The molecule has 0 aromatic heterocycles. The van der Waals surface area contributed by atoms with Crippen LogP contribution in [-0.2, 0) is 4.79 Å². The molecule has 0 bridgehead atoms. The molecule has 112 valence electrons. The fraction of sp³-hybridized carbons (Fsp3) is 0.0625. The van der Waals surface area contributed by atoms with Gasteiger partial charge in [0.25, 0.3) is 0 Å². The van der Waals surface area contributed by atoms with Gasteiger partial charge in [-0.25, -0.2) is 4.79 Å². The van der Waals surface area contributed by atoms with E-state index in [0.717, 1.165) is 0 Å². The van der Waals surface area contributed by atoms with Crippen molar-refractivity contribution in [3.8, 4) is 11.1 Å². The maximum Gasteiger partial charge on any atom is 0.354 e. The molecule has 2 rings (SSSR count). The molecule has 0 spiro atoms. The molecule has 5 nitrogen and oxygen atoms in total. The fourth-order valence-corrected chi connectivity index (χ4v) is 2.31. The van der Waals surface area contributed by atoms with Crippen molar-refractivity contribution in [1.82, 2.24) is 0 Å². The first-order valence-corrected chi connectivity index (χ1v) is 6.71. The Bertz CT molecular complexity index is 783. The number of aliphatic carboxylic acids is 1. The van der Waals surface area contributed by atoms with Gasteiger partial charge in [0.05, 0.1) is 5.02 Å². The highest BCUT2D eigenvalue weighted by atomic mass is 35.5. The third-order valence-corrected chi connectivity index (χ3v) is 3.54. The van der Waals surface area contributed by atoms with E-state index in [1.807, 2.05) is 0 Å². The normalized spacial score (nSPS) is 10.3. The van der Waals surface area contributed by atoms with Crippen molar-refractivity contribution >= 4 is 34.8 Å². The average molecular weight is 317 g/mol. The first kappa shape index (κ1) is 15.7. The number of nitrogens with one attached hydrogen (secondary N) is 1. The average Bonchev–Trinajstić information content (AvgIpc) is 2.46. The number of hydrogen-bond acceptors (Lipinski definition) is 4. The Morgan fingerprint density at radius 3 is 2.27 bits per heavy atom. The van der Waals surface area contributed by atoms with Crippen LogP contribution in [0.4, 0.5) is 5.69 Å². The highest BCUT2D eigenvalue weighted by Crippen LogP contribution is 2.32. The number of rotatable bonds is 4. The van der Waals surface area contributed by atoms with Crippen molar-refractivity contribution in [3.05, 3.63) is 52.5 Å². The van der Waals surface area contributed by atoms with E-state index in [0.29, 0.717) is 21.7 Å². The molecular formula is C16H13ClN2O3. The van der Waals surface area contributed by atoms with E-state index in [9.17, 15) is 9.59 Å². The molecule has 0 amide bonds. The molecule has 0 heterocycles. The molecule has 2 aromatic carbocycles. The summed E-state index contributed by atoms with van der Waals surface area (Å²) in [6.07, 6.45) is 0. The van der Waals surface area contributed by atoms with Crippen molar-refractivity contribution in [2.75, 3.05) is 5.73 Å². The van der Waals surface area contributed by atoms with Crippen molar-refractivity contribution < 1.29 is 14.7 Å². The van der Waals surface area contributed by atoms with Gasteiger partial charge in [-0.2, -0.15) is 0 Å². The summed E-state index contributed by atoms with van der Waals surface area (Å²) in [6.45, 7) is 1.47. The quantitative estimate of drug-likeness (QED) is 0.457. The van der Waals surface area contributed by atoms with Crippen molar-refractivity contribution in [3.63, 3.8) is 0 Å². The minimum absolute atomic E-state index is 0.0525. The maximum absolute atomic E-state index is 11.3. The van der Waals surface area contributed by atoms with Crippen LogP contribution in [0.5, 0.6) is 0 Å². The molecule has 4 N–H and O–H groups in total. The monoisotopic (exact) mass is 316 g/mol. The topological polar surface area (TPSA) is 104 Å². The Morgan fingerprint density at radius 1 is 1.18 bits per heavy atom. The largest absolute Gasteiger partial charge is 0.477 e. The third-order valence-electron chi connectivity index (χ3n) is 3.22. The summed E-state index contributed by atoms with van der Waals surface area (Å²) < 4.78 is 0. The molecule has 0 saturated heterocycles. The Morgan fingerprint density at radius 2 is 1.77 bits per heavy atom. The van der Waals surface area contributed by atoms with Crippen molar-refractivity contribution in [1.29, 1.82) is 5.41 Å². The lowest BCUT2D eigenvalue weighted by Crippen LogP contribution is -2.15. The first-order valence-electron chi connectivity index (χ1n) is 6.34. The number of ketones is 1. The van der Waals surface area contributed by atoms with Crippen LogP contribution in [-0.4, -0.2) is 22.6 Å². The lowest BCUT2D eigenvalue weighted by atomic mass is 9.98. The number of nitrogens with two attached hydrogens (primary N) is 1. The van der Waals surface area contributed by atoms with Gasteiger partial charge in [0.15, 0.2) is 5.78 Å². The van der Waals surface area contributed by atoms with Crippen molar-refractivity contribution in [2.45, 2.75) is 6.92 Å². The van der Waals surface area contributed by atoms with Crippen LogP contribution < -0.4 is 5.73 Å². The number of benzene rings is 2. The Labute approximate surface area is 131 Å². The minimum Gasteiger partial charge on any atom is -0.477 e. The predicted molar refractivity (Wildman–Crippen MR) is 85.8 cm³/mol. The second-order valence-corrected chi connectivity index (χ2v) is 5.14. The number of Topliss-reactive ketones (excluding diaryl/α,β-unsaturated/α-hetero) is 1. The molecule has 6 heteroatoms. The number of nitrogen functional groups attached to an aromatic ring is 1. The number of halogens is 1. The van der Waals surface area contributed by atoms with Gasteiger partial charge in [0, 0.05) is 22.4 Å². The SMILES string of the molecule is CC(=O)c1ccc(-c2cc(C(=N)C(=O)O)c(N)cc2Cl)cc1. The molecule has 0 aliphatic carbocycles. The molecule has 0 atom stereocenters. The summed E-state index contributed by atoms with van der Waals surface area (Å²) in [7, 11) is 0. The Kier molecular flexibility index (Phi) is 4.28. The highest BCUT2D eigenvalue weighted by Gasteiger charge is 2.16. The van der Waals surface area contributed by atoms with Crippen molar-refractivity contribution in [2.24, 2.45) is 0 Å². The summed E-state index contributed by atoms with van der Waals surface area (Å²) >= 11 is 6.16. The van der Waals surface area contributed by atoms with E-state index >= 15 is 0 Å². The van der Waals surface area contributed by atoms with Crippen LogP contribution in [0.15, 0.2) is 36.4 Å². The van der Waals surface area contributed by atoms with E-state index in [4.69, 9.17) is 27.9 Å². The van der Waals surface area contributed by atoms with E-state index in [1.165, 1.54) is 19.1 Å². The molecule has 2 aromatic rings. The van der Waals surface area contributed by atoms with Gasteiger partial charge in [0.2, 0.25) is 0 Å². The van der Waals surface area contributed by atoms with E-state index in [1.54, 1.807) is 24.3 Å². The maximum atomic E-state index is 11.3. The molecule has 0 fully saturated rings. The van der Waals surface area contributed by atoms with Gasteiger partial charge in [-0.1, -0.05) is 35.9 Å². The highest BCUT2D eigenvalue weighted by molar-refractivity contribution is 6.43. The molecule has 0 unspecified atom stereocenters. The second kappa shape index (κ2) is 5.99. The smallest absolute Gasteiger partial charge is 0.354 e. The number of carboxylic acid groups (broad SMARTS) is 1. The first-order chi connectivity index (χ1) is 10.3. The standard InChI is InChI=1S/C16H13ClN2O3/c1-8(20)9-2-4-10(5-3-9)11-6-12(15(19)16(21)22)14(18)7-13(11)17/h2-7,19H,18H2,1H3,(H,21,22). The summed E-state index contributed by atoms with van der Waals surface area (Å²) in [5.74, 6) is -1.42. The molecule has 0 saturated carbocycles. The van der Waals surface area contributed by atoms with Crippen LogP contribution in [0.1, 0.15) is 22.8 Å². The van der Waals surface area contributed by atoms with Crippen LogP contribution in [0.2, 0.25) is 5.02 Å². The Balaban J connectivity index is 2.55. The van der Waals surface area contributed by atoms with Gasteiger partial charge in [-0.05, 0) is 24.6 Å². The number of hydrogen-bond donors (Lipinski definition) is 3. The number of anilines is 1. The zero-order valence-corrected chi connectivity index (χ0v) is 12.4. The van der Waals surface area contributed by atoms with Gasteiger partial charge >= 0.3 is 5.97 Å². The van der Waals surface area contributed by atoms with E-state index in [-0.39, 0.29) is 17.0 Å². The molecule has 0 aliphatic rings. The van der Waals surface area contributed by atoms with Crippen LogP contribution >= 0.6 is 11.6 Å². The van der Waals surface area contributed by atoms with Crippen LogP contribution in [0, 0.1) is 5.41 Å². The molecule has 0 radical (unpaired) electrons. The summed E-state index contributed by atoms with van der Waals surface area (Å²) in [5, 5.41) is 16.9. The van der Waals surface area contributed by atoms with Gasteiger partial charge < -0.3 is 10.8 Å². The molecule has 0 aliphatic heterocycles. The third kappa shape index (κ3) is 2.99. The zero-order valence-electron chi connectivity index (χ0n) is 11.7. The predicted octanol–water partition coefficient (Wildman–Crippen LogP) is 3.24. The fourth-order valence-electron chi connectivity index (χ4n) is 2.03. The number of carbonyl (C=O) groups is 2. The van der Waals surface area contributed by atoms with Gasteiger partial charge in [0.1, 0.15) is 5.71 Å². The lowest BCUT2D eigenvalue weighted by molar-refractivity contribution is -0.129. The lowest BCUT2D eigenvalue weighted by Gasteiger charge is -2.11. The van der Waals surface area contributed by atoms with Gasteiger partial charge in [-0.3, -0.25) is 10.2 Å². The minimum atomic E-state index is -1.37. The molecule has 22 heavy (non-hydrogen) atoms. The van der Waals surface area contributed by atoms with E-state index < -0.39 is 11.7 Å². The second-order valence-electron chi connectivity index (χ2n) is 4.73. The molecular weight excluding hydrogens is 304 g/mol. The summed E-state index contributed by atoms with van der Waals surface area (Å²) in [4.78, 5) is 22.2. The Hall–Kier alpha value is -2.66. The van der Waals surface area contributed by atoms with Crippen LogP contribution in [0.3, 0.4) is 0 Å².